The van der Waals surface area contributed by atoms with Crippen molar-refractivity contribution in [1.29, 1.82) is 5.26 Å². The van der Waals surface area contributed by atoms with Crippen molar-refractivity contribution in [3.05, 3.63) is 33.9 Å². The van der Waals surface area contributed by atoms with Crippen LogP contribution in [0.25, 0.3) is 0 Å². The summed E-state index contributed by atoms with van der Waals surface area (Å²) in [5.41, 5.74) is 5.65. The van der Waals surface area contributed by atoms with E-state index < -0.39 is 4.92 Å². The van der Waals surface area contributed by atoms with Gasteiger partial charge in [-0.15, -0.1) is 0 Å². The molecule has 0 aliphatic heterocycles. The van der Waals surface area contributed by atoms with Gasteiger partial charge in [-0.1, -0.05) is 13.8 Å². The smallest absolute Gasteiger partial charge is 0.270 e. The fourth-order valence-electron chi connectivity index (χ4n) is 1.75. The molecule has 0 aromatic heterocycles. The van der Waals surface area contributed by atoms with E-state index in [-0.39, 0.29) is 41.2 Å². The molecule has 1 aromatic rings. The van der Waals surface area contributed by atoms with Gasteiger partial charge in [-0.3, -0.25) is 14.9 Å². The van der Waals surface area contributed by atoms with E-state index in [0.29, 0.717) is 0 Å². The number of carbonyl (C=O) groups is 1. The van der Waals surface area contributed by atoms with Crippen molar-refractivity contribution in [3.8, 4) is 6.07 Å². The van der Waals surface area contributed by atoms with Crippen LogP contribution in [-0.2, 0) is 4.79 Å². The van der Waals surface area contributed by atoms with Crippen LogP contribution in [0.15, 0.2) is 18.2 Å². The number of anilines is 1. The average Bonchev–Trinajstić information content (AvgIpc) is 2.39. The maximum atomic E-state index is 12.0. The lowest BCUT2D eigenvalue weighted by Crippen LogP contribution is -2.33. The van der Waals surface area contributed by atoms with Crippen LogP contribution in [0.5, 0.6) is 0 Å². The van der Waals surface area contributed by atoms with Crippen LogP contribution in [0.3, 0.4) is 0 Å². The fraction of sp³-hybridized carbons (Fsp3) is 0.385. The second kappa shape index (κ2) is 6.63. The molecule has 0 bridgehead atoms. The van der Waals surface area contributed by atoms with Gasteiger partial charge in [-0.05, 0) is 12.0 Å². The van der Waals surface area contributed by atoms with Gasteiger partial charge in [0.2, 0.25) is 5.91 Å². The van der Waals surface area contributed by atoms with E-state index in [4.69, 9.17) is 11.0 Å². The molecule has 0 aliphatic carbocycles. The predicted molar refractivity (Wildman–Crippen MR) is 73.8 cm³/mol. The molecule has 1 rings (SSSR count). The highest BCUT2D eigenvalue weighted by molar-refractivity contribution is 5.94. The molecule has 0 saturated carbocycles. The van der Waals surface area contributed by atoms with Gasteiger partial charge < -0.3 is 11.1 Å². The summed E-state index contributed by atoms with van der Waals surface area (Å²) in [6.45, 7) is 3.94. The van der Waals surface area contributed by atoms with Gasteiger partial charge >= 0.3 is 0 Å². The first-order valence-corrected chi connectivity index (χ1v) is 6.10. The summed E-state index contributed by atoms with van der Waals surface area (Å²) in [7, 11) is 0. The summed E-state index contributed by atoms with van der Waals surface area (Å²) in [6.07, 6.45) is 0. The number of non-ortho nitro benzene ring substituents is 1. The monoisotopic (exact) mass is 276 g/mol. The minimum absolute atomic E-state index is 0.0482. The molecule has 0 heterocycles. The Hall–Kier alpha value is -2.46. The Morgan fingerprint density at radius 1 is 1.55 bits per heavy atom. The molecule has 0 fully saturated rings. The summed E-state index contributed by atoms with van der Waals surface area (Å²) in [4.78, 5) is 22.1. The Balaban J connectivity index is 3.01. The number of nitrogens with two attached hydrogens (primary N) is 1. The van der Waals surface area contributed by atoms with Crippen LogP contribution >= 0.6 is 0 Å². The number of nitrogens with zero attached hydrogens (tertiary/aromatic N) is 2. The molecule has 1 unspecified atom stereocenters. The molecule has 106 valence electrons. The summed E-state index contributed by atoms with van der Waals surface area (Å²) in [5, 5.41) is 22.2. The van der Waals surface area contributed by atoms with E-state index in [9.17, 15) is 14.9 Å². The van der Waals surface area contributed by atoms with Gasteiger partial charge in [-0.25, -0.2) is 0 Å². The molecule has 0 radical (unpaired) electrons. The number of nitro groups is 1. The molecule has 1 amide bonds. The first-order valence-electron chi connectivity index (χ1n) is 6.10. The molecule has 1 aromatic carbocycles. The van der Waals surface area contributed by atoms with Gasteiger partial charge in [0.15, 0.2) is 0 Å². The Bertz CT molecular complexity index is 563. The zero-order valence-corrected chi connectivity index (χ0v) is 11.3. The zero-order chi connectivity index (χ0) is 15.3. The van der Waals surface area contributed by atoms with Gasteiger partial charge in [0.25, 0.3) is 5.69 Å². The standard InChI is InChI=1S/C13H16N4O3/c1-8(2)11(7-15)13(18)16-12-4-3-10(17(19)20)5-9(12)6-14/h3-5,8,11H,7,15H2,1-2H3,(H,16,18). The fourth-order valence-corrected chi connectivity index (χ4v) is 1.75. The topological polar surface area (TPSA) is 122 Å². The van der Waals surface area contributed by atoms with Gasteiger partial charge in [0.05, 0.1) is 22.1 Å². The zero-order valence-electron chi connectivity index (χ0n) is 11.3. The number of nitriles is 1. The summed E-state index contributed by atoms with van der Waals surface area (Å²) < 4.78 is 0. The van der Waals surface area contributed by atoms with Crippen LogP contribution in [0.4, 0.5) is 11.4 Å². The van der Waals surface area contributed by atoms with Crippen molar-refractivity contribution in [2.24, 2.45) is 17.6 Å². The molecule has 1 atom stereocenters. The van der Waals surface area contributed by atoms with Gasteiger partial charge in [0.1, 0.15) is 6.07 Å². The lowest BCUT2D eigenvalue weighted by Gasteiger charge is -2.18. The Morgan fingerprint density at radius 3 is 2.65 bits per heavy atom. The number of nitrogens with one attached hydrogen (secondary N) is 1. The third-order valence-electron chi connectivity index (χ3n) is 2.99. The second-order valence-electron chi connectivity index (χ2n) is 4.67. The lowest BCUT2D eigenvalue weighted by molar-refractivity contribution is -0.384. The van der Waals surface area contributed by atoms with E-state index in [1.165, 1.54) is 12.1 Å². The summed E-state index contributed by atoms with van der Waals surface area (Å²) >= 11 is 0. The Kier molecular flexibility index (Phi) is 5.17. The van der Waals surface area contributed by atoms with Crippen LogP contribution in [0.1, 0.15) is 19.4 Å². The van der Waals surface area contributed by atoms with Crippen molar-refractivity contribution in [2.75, 3.05) is 11.9 Å². The molecular formula is C13H16N4O3. The van der Waals surface area contributed by atoms with Crippen molar-refractivity contribution in [1.82, 2.24) is 0 Å². The minimum Gasteiger partial charge on any atom is -0.330 e. The van der Waals surface area contributed by atoms with E-state index >= 15 is 0 Å². The highest BCUT2D eigenvalue weighted by Gasteiger charge is 2.22. The third kappa shape index (κ3) is 3.52. The maximum absolute atomic E-state index is 12.0. The largest absolute Gasteiger partial charge is 0.330 e. The number of carbonyl (C=O) groups excluding carboxylic acids is 1. The Morgan fingerprint density at radius 2 is 2.20 bits per heavy atom. The molecule has 0 spiro atoms. The normalized spacial score (nSPS) is 11.8. The Labute approximate surface area is 116 Å². The first kappa shape index (κ1) is 15.6. The molecule has 3 N–H and O–H groups in total. The number of amides is 1. The highest BCUT2D eigenvalue weighted by atomic mass is 16.6. The van der Waals surface area contributed by atoms with Crippen molar-refractivity contribution >= 4 is 17.3 Å². The number of benzene rings is 1. The van der Waals surface area contributed by atoms with Crippen LogP contribution in [0, 0.1) is 33.3 Å². The molecule has 20 heavy (non-hydrogen) atoms. The van der Waals surface area contributed by atoms with Crippen molar-refractivity contribution in [2.45, 2.75) is 13.8 Å². The van der Waals surface area contributed by atoms with Crippen LogP contribution in [0.2, 0.25) is 0 Å². The second-order valence-corrected chi connectivity index (χ2v) is 4.67. The lowest BCUT2D eigenvalue weighted by atomic mass is 9.95. The number of hydrogen-bond donors (Lipinski definition) is 2. The first-order chi connectivity index (χ1) is 9.40. The average molecular weight is 276 g/mol. The van der Waals surface area contributed by atoms with E-state index in [2.05, 4.69) is 5.32 Å². The van der Waals surface area contributed by atoms with Crippen molar-refractivity contribution in [3.63, 3.8) is 0 Å². The molecule has 0 aliphatic rings. The molecule has 0 saturated heterocycles. The van der Waals surface area contributed by atoms with Crippen LogP contribution in [-0.4, -0.2) is 17.4 Å². The molecule has 7 nitrogen and oxygen atoms in total. The number of rotatable bonds is 5. The SMILES string of the molecule is CC(C)C(CN)C(=O)Nc1ccc([N+](=O)[O-])cc1C#N. The van der Waals surface area contributed by atoms with E-state index in [0.717, 1.165) is 6.07 Å². The highest BCUT2D eigenvalue weighted by Crippen LogP contribution is 2.22. The maximum Gasteiger partial charge on any atom is 0.270 e. The van der Waals surface area contributed by atoms with Gasteiger partial charge in [0, 0.05) is 18.7 Å². The predicted octanol–water partition coefficient (Wildman–Crippen LogP) is 1.64. The third-order valence-corrected chi connectivity index (χ3v) is 2.99. The van der Waals surface area contributed by atoms with E-state index in [1.54, 1.807) is 0 Å². The van der Waals surface area contributed by atoms with Crippen molar-refractivity contribution < 1.29 is 9.72 Å². The molecule has 7 heteroatoms. The number of nitro benzene ring substituents is 1. The quantitative estimate of drug-likeness (QED) is 0.625. The van der Waals surface area contributed by atoms with Crippen LogP contribution < -0.4 is 11.1 Å². The van der Waals surface area contributed by atoms with Gasteiger partial charge in [-0.2, -0.15) is 5.26 Å². The summed E-state index contributed by atoms with van der Waals surface area (Å²) in [6, 6.07) is 5.55. The summed E-state index contributed by atoms with van der Waals surface area (Å²) in [5.74, 6) is -0.617. The minimum atomic E-state index is -0.594. The number of hydrogen-bond acceptors (Lipinski definition) is 5. The van der Waals surface area contributed by atoms with E-state index in [1.807, 2.05) is 19.9 Å². The molecular weight excluding hydrogens is 260 g/mol.